The summed E-state index contributed by atoms with van der Waals surface area (Å²) in [6.07, 6.45) is 1.68. The first-order valence-electron chi connectivity index (χ1n) is 4.97. The van der Waals surface area contributed by atoms with E-state index in [1.165, 1.54) is 11.7 Å². The fraction of sp³-hybridized carbons (Fsp3) is 0.300. The molecule has 0 unspecified atom stereocenters. The maximum atomic E-state index is 11.9. The molecule has 0 aliphatic rings. The Kier molecular flexibility index (Phi) is 3.10. The van der Waals surface area contributed by atoms with Gasteiger partial charge in [-0.15, -0.1) is 0 Å². The maximum absolute atomic E-state index is 11.9. The van der Waals surface area contributed by atoms with Gasteiger partial charge in [-0.05, 0) is 24.4 Å². The number of nitrogens with one attached hydrogen (secondary N) is 1. The minimum atomic E-state index is -0.191. The van der Waals surface area contributed by atoms with E-state index >= 15 is 0 Å². The lowest BCUT2D eigenvalue weighted by Gasteiger charge is -2.06. The standard InChI is InChI=1S/C10H12N4O2S/c1-13-8(11-12-10(13)17)6-14-5-3-4-7(16-2)9(14)15/h3-5H,6H2,1-2H3,(H,12,17). The SMILES string of the molecule is COc1cccn(Cc2n[nH]c(=S)n2C)c1=O. The molecule has 6 nitrogen and oxygen atoms in total. The molecule has 0 saturated carbocycles. The van der Waals surface area contributed by atoms with Crippen molar-refractivity contribution in [2.75, 3.05) is 7.11 Å². The average Bonchev–Trinajstić information content (AvgIpc) is 2.64. The molecule has 0 aromatic carbocycles. The van der Waals surface area contributed by atoms with Crippen molar-refractivity contribution in [2.24, 2.45) is 7.05 Å². The number of H-pyrrole nitrogens is 1. The van der Waals surface area contributed by atoms with Crippen LogP contribution in [0.15, 0.2) is 23.1 Å². The summed E-state index contributed by atoms with van der Waals surface area (Å²) in [7, 11) is 3.27. The lowest BCUT2D eigenvalue weighted by Crippen LogP contribution is -2.22. The van der Waals surface area contributed by atoms with E-state index in [1.54, 1.807) is 29.9 Å². The monoisotopic (exact) mass is 252 g/mol. The van der Waals surface area contributed by atoms with Crippen LogP contribution < -0.4 is 10.3 Å². The molecular weight excluding hydrogens is 240 g/mol. The van der Waals surface area contributed by atoms with Crippen LogP contribution in [0.5, 0.6) is 5.75 Å². The second-order valence-corrected chi connectivity index (χ2v) is 3.90. The Morgan fingerprint density at radius 3 is 2.94 bits per heavy atom. The fourth-order valence-electron chi connectivity index (χ4n) is 1.47. The summed E-state index contributed by atoms with van der Waals surface area (Å²) in [5, 5.41) is 6.73. The van der Waals surface area contributed by atoms with E-state index in [4.69, 9.17) is 17.0 Å². The molecule has 2 heterocycles. The highest BCUT2D eigenvalue weighted by atomic mass is 32.1. The van der Waals surface area contributed by atoms with Gasteiger partial charge < -0.3 is 13.9 Å². The van der Waals surface area contributed by atoms with Crippen molar-refractivity contribution < 1.29 is 4.74 Å². The van der Waals surface area contributed by atoms with E-state index < -0.39 is 0 Å². The molecule has 0 radical (unpaired) electrons. The molecule has 0 bridgehead atoms. The Labute approximate surface area is 102 Å². The number of hydrogen-bond donors (Lipinski definition) is 1. The summed E-state index contributed by atoms with van der Waals surface area (Å²) in [4.78, 5) is 11.9. The summed E-state index contributed by atoms with van der Waals surface area (Å²) in [6.45, 7) is 0.347. The third-order valence-electron chi connectivity index (χ3n) is 2.49. The molecule has 1 N–H and O–H groups in total. The number of rotatable bonds is 3. The Bertz CT molecular complexity index is 640. The largest absolute Gasteiger partial charge is 0.491 e. The number of nitrogens with zero attached hydrogens (tertiary/aromatic N) is 3. The zero-order valence-corrected chi connectivity index (χ0v) is 10.3. The molecule has 17 heavy (non-hydrogen) atoms. The van der Waals surface area contributed by atoms with Crippen LogP contribution >= 0.6 is 12.2 Å². The number of aromatic nitrogens is 4. The molecule has 0 aliphatic heterocycles. The molecule has 7 heteroatoms. The highest BCUT2D eigenvalue weighted by Crippen LogP contribution is 2.02. The molecule has 90 valence electrons. The van der Waals surface area contributed by atoms with Crippen molar-refractivity contribution in [1.29, 1.82) is 0 Å². The number of hydrogen-bond acceptors (Lipinski definition) is 4. The minimum absolute atomic E-state index is 0.191. The summed E-state index contributed by atoms with van der Waals surface area (Å²) < 4.78 is 8.73. The molecule has 0 amide bonds. The summed E-state index contributed by atoms with van der Waals surface area (Å²) in [5.41, 5.74) is -0.191. The third kappa shape index (κ3) is 2.14. The van der Waals surface area contributed by atoms with Crippen LogP contribution in [0.25, 0.3) is 0 Å². The second kappa shape index (κ2) is 4.54. The molecule has 0 aliphatic carbocycles. The Balaban J connectivity index is 2.40. The van der Waals surface area contributed by atoms with E-state index in [1.807, 2.05) is 0 Å². The fourth-order valence-corrected chi connectivity index (χ4v) is 1.62. The van der Waals surface area contributed by atoms with Crippen molar-refractivity contribution in [1.82, 2.24) is 19.3 Å². The zero-order chi connectivity index (χ0) is 12.4. The first-order valence-corrected chi connectivity index (χ1v) is 5.38. The van der Waals surface area contributed by atoms with Crippen molar-refractivity contribution in [3.63, 3.8) is 0 Å². The summed E-state index contributed by atoms with van der Waals surface area (Å²) >= 11 is 5.00. The Hall–Kier alpha value is -1.89. The maximum Gasteiger partial charge on any atom is 0.293 e. The number of aromatic amines is 1. The van der Waals surface area contributed by atoms with Gasteiger partial charge in [-0.2, -0.15) is 5.10 Å². The smallest absolute Gasteiger partial charge is 0.293 e. The predicted octanol–water partition coefficient (Wildman–Crippen LogP) is 0.696. The molecule has 2 aromatic rings. The van der Waals surface area contributed by atoms with Crippen LogP contribution in [0.2, 0.25) is 0 Å². The van der Waals surface area contributed by atoms with Crippen molar-refractivity contribution in [3.8, 4) is 5.75 Å². The molecule has 0 atom stereocenters. The van der Waals surface area contributed by atoms with Gasteiger partial charge in [0.25, 0.3) is 5.56 Å². The van der Waals surface area contributed by atoms with Gasteiger partial charge in [0, 0.05) is 13.2 Å². The van der Waals surface area contributed by atoms with Gasteiger partial charge in [0.05, 0.1) is 13.7 Å². The lowest BCUT2D eigenvalue weighted by molar-refractivity contribution is 0.403. The zero-order valence-electron chi connectivity index (χ0n) is 9.51. The van der Waals surface area contributed by atoms with Gasteiger partial charge in [0.15, 0.2) is 16.3 Å². The third-order valence-corrected chi connectivity index (χ3v) is 2.85. The topological polar surface area (TPSA) is 64.8 Å². The normalized spacial score (nSPS) is 10.5. The Morgan fingerprint density at radius 2 is 2.35 bits per heavy atom. The van der Waals surface area contributed by atoms with Crippen molar-refractivity contribution in [2.45, 2.75) is 6.54 Å². The van der Waals surface area contributed by atoms with Crippen LogP contribution in [0.4, 0.5) is 0 Å². The minimum Gasteiger partial charge on any atom is -0.491 e. The predicted molar refractivity (Wildman–Crippen MR) is 64.7 cm³/mol. The number of methoxy groups -OCH3 is 1. The molecule has 0 spiro atoms. The summed E-state index contributed by atoms with van der Waals surface area (Å²) in [5.74, 6) is 0.995. The molecular formula is C10H12N4O2S. The van der Waals surface area contributed by atoms with Crippen molar-refractivity contribution >= 4 is 12.2 Å². The van der Waals surface area contributed by atoms with Crippen LogP contribution in [-0.4, -0.2) is 26.4 Å². The number of pyridine rings is 1. The lowest BCUT2D eigenvalue weighted by atomic mass is 10.4. The van der Waals surface area contributed by atoms with Gasteiger partial charge in [-0.25, -0.2) is 0 Å². The van der Waals surface area contributed by atoms with Gasteiger partial charge in [-0.3, -0.25) is 9.89 Å². The van der Waals surface area contributed by atoms with Gasteiger partial charge in [0.1, 0.15) is 0 Å². The molecule has 2 aromatic heterocycles. The van der Waals surface area contributed by atoms with Crippen LogP contribution in [0.1, 0.15) is 5.82 Å². The first kappa shape index (κ1) is 11.6. The number of ether oxygens (including phenoxy) is 1. The van der Waals surface area contributed by atoms with E-state index in [0.717, 1.165) is 0 Å². The quantitative estimate of drug-likeness (QED) is 0.817. The van der Waals surface area contributed by atoms with Crippen molar-refractivity contribution in [3.05, 3.63) is 39.3 Å². The van der Waals surface area contributed by atoms with E-state index in [9.17, 15) is 4.79 Å². The molecule has 2 rings (SSSR count). The summed E-state index contributed by atoms with van der Waals surface area (Å²) in [6, 6.07) is 3.38. The van der Waals surface area contributed by atoms with E-state index in [0.29, 0.717) is 22.9 Å². The van der Waals surface area contributed by atoms with Gasteiger partial charge in [0.2, 0.25) is 0 Å². The van der Waals surface area contributed by atoms with E-state index in [2.05, 4.69) is 10.2 Å². The van der Waals surface area contributed by atoms with Crippen LogP contribution in [-0.2, 0) is 13.6 Å². The van der Waals surface area contributed by atoms with Gasteiger partial charge in [-0.1, -0.05) is 0 Å². The molecule has 0 fully saturated rings. The van der Waals surface area contributed by atoms with Gasteiger partial charge >= 0.3 is 0 Å². The second-order valence-electron chi connectivity index (χ2n) is 3.51. The highest BCUT2D eigenvalue weighted by molar-refractivity contribution is 7.71. The van der Waals surface area contributed by atoms with E-state index in [-0.39, 0.29) is 5.56 Å². The molecule has 0 saturated heterocycles. The first-order chi connectivity index (χ1) is 8.13. The highest BCUT2D eigenvalue weighted by Gasteiger charge is 2.07. The average molecular weight is 252 g/mol. The van der Waals surface area contributed by atoms with Crippen LogP contribution in [0, 0.1) is 4.77 Å². The van der Waals surface area contributed by atoms with Crippen LogP contribution in [0.3, 0.4) is 0 Å². The Morgan fingerprint density at radius 1 is 1.59 bits per heavy atom.